The van der Waals surface area contributed by atoms with Crippen LogP contribution in [0.25, 0.3) is 0 Å². The topological polar surface area (TPSA) is 104 Å². The third-order valence-corrected chi connectivity index (χ3v) is 8.84. The number of carbonyl (C=O) groups excluding carboxylic acids is 2. The second kappa shape index (κ2) is 10.3. The Balaban J connectivity index is 1.46. The number of nitrogens with one attached hydrogen (secondary N) is 3. The summed E-state index contributed by atoms with van der Waals surface area (Å²) in [6.45, 7) is 5.04. The van der Waals surface area contributed by atoms with Crippen molar-refractivity contribution in [1.29, 1.82) is 0 Å². The highest BCUT2D eigenvalue weighted by Crippen LogP contribution is 2.27. The van der Waals surface area contributed by atoms with Gasteiger partial charge in [0.15, 0.2) is 0 Å². The van der Waals surface area contributed by atoms with Gasteiger partial charge in [0.1, 0.15) is 0 Å². The van der Waals surface area contributed by atoms with Gasteiger partial charge in [-0.3, -0.25) is 9.59 Å². The number of hydrogen-bond acceptors (Lipinski definition) is 4. The fourth-order valence-electron chi connectivity index (χ4n) is 4.33. The number of sulfonamides is 1. The van der Waals surface area contributed by atoms with Gasteiger partial charge in [-0.25, -0.2) is 13.1 Å². The molecule has 0 aromatic heterocycles. The van der Waals surface area contributed by atoms with Gasteiger partial charge >= 0.3 is 0 Å². The van der Waals surface area contributed by atoms with Crippen LogP contribution in [-0.2, 0) is 14.8 Å². The van der Waals surface area contributed by atoms with Crippen molar-refractivity contribution in [3.8, 4) is 0 Å². The predicted octanol–water partition coefficient (Wildman–Crippen LogP) is 3.96. The SMILES string of the molecule is CC(C)(C)S(=O)(=O)NC1CCC(C(=O)Nc2ccc(C(=O)NC3CCCCC3)cc2)CC1. The normalized spacial score (nSPS) is 22.8. The highest BCUT2D eigenvalue weighted by molar-refractivity contribution is 7.90. The minimum absolute atomic E-state index is 0.0541. The fourth-order valence-corrected chi connectivity index (χ4v) is 5.36. The molecule has 0 heterocycles. The third-order valence-electron chi connectivity index (χ3n) is 6.58. The number of anilines is 1. The minimum Gasteiger partial charge on any atom is -0.349 e. The molecule has 1 aromatic carbocycles. The van der Waals surface area contributed by atoms with Crippen LogP contribution in [0.2, 0.25) is 0 Å². The zero-order chi connectivity index (χ0) is 23.4. The van der Waals surface area contributed by atoms with E-state index in [1.807, 2.05) is 0 Å². The van der Waals surface area contributed by atoms with Gasteiger partial charge in [-0.2, -0.15) is 0 Å². The lowest BCUT2D eigenvalue weighted by Gasteiger charge is -2.30. The van der Waals surface area contributed by atoms with Crippen molar-refractivity contribution in [2.45, 2.75) is 95.4 Å². The molecule has 0 saturated heterocycles. The first-order valence-corrected chi connectivity index (χ1v) is 13.3. The summed E-state index contributed by atoms with van der Waals surface area (Å²) in [5, 5.41) is 6.04. The standard InChI is InChI=1S/C24H37N3O4S/c1-24(2,3)32(30,31)27-21-15-11-18(12-16-21)23(29)26-20-13-9-17(10-14-20)22(28)25-19-7-5-4-6-8-19/h9-10,13-14,18-19,21,27H,4-8,11-12,15-16H2,1-3H3,(H,25,28)(H,26,29). The minimum atomic E-state index is -3.39. The molecule has 8 heteroatoms. The molecule has 3 rings (SSSR count). The number of benzene rings is 1. The van der Waals surface area contributed by atoms with Crippen LogP contribution in [0.3, 0.4) is 0 Å². The molecule has 32 heavy (non-hydrogen) atoms. The number of hydrogen-bond donors (Lipinski definition) is 3. The monoisotopic (exact) mass is 463 g/mol. The molecule has 0 atom stereocenters. The van der Waals surface area contributed by atoms with Gasteiger partial charge in [-0.1, -0.05) is 19.3 Å². The van der Waals surface area contributed by atoms with Crippen LogP contribution in [0.5, 0.6) is 0 Å². The molecular weight excluding hydrogens is 426 g/mol. The van der Waals surface area contributed by atoms with Crippen molar-refractivity contribution in [2.75, 3.05) is 5.32 Å². The maximum absolute atomic E-state index is 12.7. The maximum Gasteiger partial charge on any atom is 0.251 e. The molecular formula is C24H37N3O4S. The van der Waals surface area contributed by atoms with Crippen LogP contribution in [-0.4, -0.2) is 37.1 Å². The van der Waals surface area contributed by atoms with Crippen LogP contribution in [0, 0.1) is 5.92 Å². The van der Waals surface area contributed by atoms with Gasteiger partial charge in [-0.05, 0) is 83.6 Å². The third kappa shape index (κ3) is 6.54. The van der Waals surface area contributed by atoms with E-state index in [0.717, 1.165) is 12.8 Å². The molecule has 2 aliphatic carbocycles. The van der Waals surface area contributed by atoms with Gasteiger partial charge in [0.2, 0.25) is 15.9 Å². The molecule has 0 radical (unpaired) electrons. The molecule has 0 bridgehead atoms. The zero-order valence-electron chi connectivity index (χ0n) is 19.4. The number of amides is 2. The molecule has 2 fully saturated rings. The van der Waals surface area contributed by atoms with Crippen LogP contribution >= 0.6 is 0 Å². The summed E-state index contributed by atoms with van der Waals surface area (Å²) in [6, 6.07) is 7.15. The van der Waals surface area contributed by atoms with Crippen molar-refractivity contribution in [3.63, 3.8) is 0 Å². The van der Waals surface area contributed by atoms with E-state index < -0.39 is 14.8 Å². The van der Waals surface area contributed by atoms with Crippen LogP contribution in [0.15, 0.2) is 24.3 Å². The summed E-state index contributed by atoms with van der Waals surface area (Å²) in [7, 11) is -3.39. The average molecular weight is 464 g/mol. The Labute approximate surface area is 192 Å². The molecule has 2 aliphatic rings. The summed E-state index contributed by atoms with van der Waals surface area (Å²) in [6.07, 6.45) is 8.24. The lowest BCUT2D eigenvalue weighted by atomic mass is 9.86. The average Bonchev–Trinajstić information content (AvgIpc) is 2.74. The van der Waals surface area contributed by atoms with Crippen molar-refractivity contribution in [3.05, 3.63) is 29.8 Å². The molecule has 0 spiro atoms. The second-order valence-corrected chi connectivity index (χ2v) is 12.6. The summed E-state index contributed by atoms with van der Waals surface area (Å²) >= 11 is 0. The Hall–Kier alpha value is -1.93. The predicted molar refractivity (Wildman–Crippen MR) is 127 cm³/mol. The quantitative estimate of drug-likeness (QED) is 0.594. The lowest BCUT2D eigenvalue weighted by molar-refractivity contribution is -0.120. The van der Waals surface area contributed by atoms with E-state index in [0.29, 0.717) is 36.9 Å². The van der Waals surface area contributed by atoms with Gasteiger partial charge in [0, 0.05) is 29.3 Å². The highest BCUT2D eigenvalue weighted by Gasteiger charge is 2.34. The van der Waals surface area contributed by atoms with E-state index in [1.165, 1.54) is 19.3 Å². The van der Waals surface area contributed by atoms with E-state index >= 15 is 0 Å². The lowest BCUT2D eigenvalue weighted by Crippen LogP contribution is -2.46. The maximum atomic E-state index is 12.7. The van der Waals surface area contributed by atoms with Crippen molar-refractivity contribution < 1.29 is 18.0 Å². The first kappa shape index (κ1) is 24.7. The number of rotatable bonds is 6. The van der Waals surface area contributed by atoms with Crippen molar-refractivity contribution in [2.24, 2.45) is 5.92 Å². The zero-order valence-corrected chi connectivity index (χ0v) is 20.3. The van der Waals surface area contributed by atoms with Crippen molar-refractivity contribution >= 4 is 27.5 Å². The highest BCUT2D eigenvalue weighted by atomic mass is 32.2. The van der Waals surface area contributed by atoms with Crippen molar-refractivity contribution in [1.82, 2.24) is 10.0 Å². The smallest absolute Gasteiger partial charge is 0.251 e. The Kier molecular flexibility index (Phi) is 7.98. The molecule has 2 saturated carbocycles. The fraction of sp³-hybridized carbons (Fsp3) is 0.667. The van der Waals surface area contributed by atoms with Crippen LogP contribution in [0.1, 0.15) is 88.9 Å². The summed E-state index contributed by atoms with van der Waals surface area (Å²) in [5.41, 5.74) is 1.26. The summed E-state index contributed by atoms with van der Waals surface area (Å²) in [5.74, 6) is -0.257. The molecule has 7 nitrogen and oxygen atoms in total. The first-order chi connectivity index (χ1) is 15.0. The van der Waals surface area contributed by atoms with Gasteiger partial charge < -0.3 is 10.6 Å². The summed E-state index contributed by atoms with van der Waals surface area (Å²) in [4.78, 5) is 25.1. The summed E-state index contributed by atoms with van der Waals surface area (Å²) < 4.78 is 26.6. The molecule has 0 aliphatic heterocycles. The van der Waals surface area contributed by atoms with Crippen LogP contribution in [0.4, 0.5) is 5.69 Å². The van der Waals surface area contributed by atoms with E-state index in [4.69, 9.17) is 0 Å². The molecule has 0 unspecified atom stereocenters. The second-order valence-electron chi connectivity index (χ2n) is 10.2. The van der Waals surface area contributed by atoms with Crippen LogP contribution < -0.4 is 15.4 Å². The Morgan fingerprint density at radius 3 is 2.00 bits per heavy atom. The van der Waals surface area contributed by atoms with Gasteiger partial charge in [0.25, 0.3) is 5.91 Å². The Morgan fingerprint density at radius 2 is 1.44 bits per heavy atom. The van der Waals surface area contributed by atoms with E-state index in [9.17, 15) is 18.0 Å². The van der Waals surface area contributed by atoms with E-state index in [2.05, 4.69) is 15.4 Å². The number of carbonyl (C=O) groups is 2. The largest absolute Gasteiger partial charge is 0.349 e. The van der Waals surface area contributed by atoms with Gasteiger partial charge in [-0.15, -0.1) is 0 Å². The van der Waals surface area contributed by atoms with E-state index in [-0.39, 0.29) is 29.8 Å². The molecule has 178 valence electrons. The Bertz CT molecular complexity index is 892. The van der Waals surface area contributed by atoms with Gasteiger partial charge in [0.05, 0.1) is 4.75 Å². The Morgan fingerprint density at radius 1 is 0.844 bits per heavy atom. The first-order valence-electron chi connectivity index (χ1n) is 11.8. The molecule has 1 aromatic rings. The molecule has 2 amide bonds. The molecule has 3 N–H and O–H groups in total. The van der Waals surface area contributed by atoms with E-state index in [1.54, 1.807) is 45.0 Å².